The minimum Gasteiger partial charge on any atom is -0.348 e. The molecule has 1 fully saturated rings. The molecule has 1 aliphatic carbocycles. The van der Waals surface area contributed by atoms with Gasteiger partial charge in [-0.1, -0.05) is 12.1 Å². The van der Waals surface area contributed by atoms with Crippen LogP contribution in [0.3, 0.4) is 0 Å². The molecular weight excluding hydrogens is 319 g/mol. The molecule has 1 saturated carbocycles. The van der Waals surface area contributed by atoms with Gasteiger partial charge in [0, 0.05) is 17.3 Å². The molecule has 1 amide bonds. The minimum atomic E-state index is -0.341. The lowest BCUT2D eigenvalue weighted by atomic mass is 10.1. The predicted molar refractivity (Wildman–Crippen MR) is 92.8 cm³/mol. The number of fused-ring (bicyclic) bond motifs is 1. The number of rotatable bonds is 4. The van der Waals surface area contributed by atoms with Gasteiger partial charge in [0.25, 0.3) is 5.91 Å². The highest BCUT2D eigenvalue weighted by Gasteiger charge is 2.30. The number of hydrogen-bond donors (Lipinski definition) is 1. The molecule has 3 aromatic rings. The second kappa shape index (κ2) is 5.95. The first-order valence-electron chi connectivity index (χ1n) is 8.45. The average molecular weight is 338 g/mol. The van der Waals surface area contributed by atoms with Crippen LogP contribution in [0, 0.1) is 18.7 Å². The fourth-order valence-corrected chi connectivity index (χ4v) is 3.08. The van der Waals surface area contributed by atoms with Crippen LogP contribution in [0.1, 0.15) is 35.9 Å². The Hall–Kier alpha value is -2.76. The molecule has 0 saturated heterocycles. The van der Waals surface area contributed by atoms with Crippen molar-refractivity contribution in [3.05, 3.63) is 53.9 Å². The summed E-state index contributed by atoms with van der Waals surface area (Å²) in [5.41, 5.74) is 2.46. The molecular formula is C19H19FN4O. The van der Waals surface area contributed by atoms with E-state index in [1.807, 2.05) is 13.8 Å². The Morgan fingerprint density at radius 1 is 1.36 bits per heavy atom. The Kier molecular flexibility index (Phi) is 3.75. The first kappa shape index (κ1) is 15.7. The van der Waals surface area contributed by atoms with Crippen molar-refractivity contribution in [1.82, 2.24) is 19.7 Å². The van der Waals surface area contributed by atoms with Gasteiger partial charge in [-0.15, -0.1) is 0 Å². The van der Waals surface area contributed by atoms with Crippen LogP contribution in [0.5, 0.6) is 0 Å². The van der Waals surface area contributed by atoms with Crippen LogP contribution in [0.15, 0.2) is 36.7 Å². The number of aromatic nitrogens is 3. The third-order valence-electron chi connectivity index (χ3n) is 4.75. The lowest BCUT2D eigenvalue weighted by Crippen LogP contribution is -2.34. The van der Waals surface area contributed by atoms with Crippen molar-refractivity contribution in [2.45, 2.75) is 32.7 Å². The summed E-state index contributed by atoms with van der Waals surface area (Å²) in [5, 5.41) is 3.00. The average Bonchev–Trinajstić information content (AvgIpc) is 3.35. The largest absolute Gasteiger partial charge is 0.348 e. The Balaban J connectivity index is 1.76. The number of halogens is 1. The maximum absolute atomic E-state index is 14.1. The summed E-state index contributed by atoms with van der Waals surface area (Å²) in [4.78, 5) is 21.3. The number of benzene rings is 1. The zero-order valence-corrected chi connectivity index (χ0v) is 14.2. The quantitative estimate of drug-likeness (QED) is 0.793. The van der Waals surface area contributed by atoms with E-state index in [1.165, 1.54) is 6.07 Å². The van der Waals surface area contributed by atoms with E-state index in [4.69, 9.17) is 0 Å². The van der Waals surface area contributed by atoms with Gasteiger partial charge in [0.1, 0.15) is 12.1 Å². The molecule has 2 heterocycles. The molecule has 25 heavy (non-hydrogen) atoms. The molecule has 6 heteroatoms. The SMILES string of the molecule is Cc1cc(-c2ccccc2F)nc2c(C(=O)N[C@@H](C)C3CC3)ncn12. The molecule has 1 N–H and O–H groups in total. The topological polar surface area (TPSA) is 59.3 Å². The highest BCUT2D eigenvalue weighted by atomic mass is 19.1. The van der Waals surface area contributed by atoms with Gasteiger partial charge in [-0.05, 0) is 50.8 Å². The highest BCUT2D eigenvalue weighted by Crippen LogP contribution is 2.32. The van der Waals surface area contributed by atoms with Crippen molar-refractivity contribution in [1.29, 1.82) is 0 Å². The van der Waals surface area contributed by atoms with Gasteiger partial charge in [-0.2, -0.15) is 0 Å². The summed E-state index contributed by atoms with van der Waals surface area (Å²) in [5.74, 6) is -0.0207. The van der Waals surface area contributed by atoms with E-state index in [0.717, 1.165) is 18.5 Å². The van der Waals surface area contributed by atoms with Crippen molar-refractivity contribution in [2.75, 3.05) is 0 Å². The Labute approximate surface area is 144 Å². The van der Waals surface area contributed by atoms with Crippen molar-refractivity contribution >= 4 is 11.6 Å². The van der Waals surface area contributed by atoms with Crippen LogP contribution in [0.4, 0.5) is 4.39 Å². The highest BCUT2D eigenvalue weighted by molar-refractivity contribution is 5.98. The Morgan fingerprint density at radius 3 is 2.84 bits per heavy atom. The molecule has 1 aliphatic rings. The second-order valence-electron chi connectivity index (χ2n) is 6.65. The van der Waals surface area contributed by atoms with E-state index in [2.05, 4.69) is 15.3 Å². The number of nitrogens with zero attached hydrogens (tertiary/aromatic N) is 3. The zero-order valence-electron chi connectivity index (χ0n) is 14.2. The maximum atomic E-state index is 14.1. The van der Waals surface area contributed by atoms with Crippen LogP contribution in [-0.2, 0) is 0 Å². The number of amides is 1. The van der Waals surface area contributed by atoms with Crippen LogP contribution >= 0.6 is 0 Å². The number of hydrogen-bond acceptors (Lipinski definition) is 3. The minimum absolute atomic E-state index is 0.125. The molecule has 0 unspecified atom stereocenters. The lowest BCUT2D eigenvalue weighted by molar-refractivity contribution is 0.0933. The van der Waals surface area contributed by atoms with E-state index in [1.54, 1.807) is 35.0 Å². The van der Waals surface area contributed by atoms with Crippen LogP contribution < -0.4 is 5.32 Å². The van der Waals surface area contributed by atoms with Gasteiger partial charge >= 0.3 is 0 Å². The smallest absolute Gasteiger partial charge is 0.274 e. The molecule has 1 atom stereocenters. The van der Waals surface area contributed by atoms with E-state index < -0.39 is 0 Å². The normalized spacial score (nSPS) is 15.3. The number of carbonyl (C=O) groups excluding carboxylic acids is 1. The van der Waals surface area contributed by atoms with Crippen LogP contribution in [-0.4, -0.2) is 26.3 Å². The molecule has 2 aromatic heterocycles. The summed E-state index contributed by atoms with van der Waals surface area (Å²) in [6.45, 7) is 3.90. The third kappa shape index (κ3) is 2.88. The fraction of sp³-hybridized carbons (Fsp3) is 0.316. The fourth-order valence-electron chi connectivity index (χ4n) is 3.08. The summed E-state index contributed by atoms with van der Waals surface area (Å²) in [6.07, 6.45) is 3.89. The molecule has 1 aromatic carbocycles. The second-order valence-corrected chi connectivity index (χ2v) is 6.65. The lowest BCUT2D eigenvalue weighted by Gasteiger charge is -2.12. The van der Waals surface area contributed by atoms with Crippen LogP contribution in [0.25, 0.3) is 16.9 Å². The van der Waals surface area contributed by atoms with Gasteiger partial charge < -0.3 is 5.32 Å². The molecule has 4 rings (SSSR count). The molecule has 0 radical (unpaired) electrons. The van der Waals surface area contributed by atoms with Gasteiger partial charge in [0.2, 0.25) is 0 Å². The Bertz CT molecular complexity index is 961. The summed E-state index contributed by atoms with van der Waals surface area (Å²) in [6, 6.07) is 8.40. The standard InChI is InChI=1S/C19H19FN4O/c1-11-9-16(14-5-3-4-6-15(14)20)23-18-17(21-10-24(11)18)19(25)22-12(2)13-7-8-13/h3-6,9-10,12-13H,7-8H2,1-2H3,(H,22,25)/t12-/m0/s1. The number of aryl methyl sites for hydroxylation is 1. The Morgan fingerprint density at radius 2 is 2.12 bits per heavy atom. The first-order valence-corrected chi connectivity index (χ1v) is 8.45. The van der Waals surface area contributed by atoms with Gasteiger partial charge in [-0.25, -0.2) is 14.4 Å². The molecule has 0 spiro atoms. The van der Waals surface area contributed by atoms with Crippen molar-refractivity contribution in [2.24, 2.45) is 5.92 Å². The number of nitrogens with one attached hydrogen (secondary N) is 1. The van der Waals surface area contributed by atoms with E-state index >= 15 is 0 Å². The van der Waals surface area contributed by atoms with Gasteiger partial charge in [-0.3, -0.25) is 9.20 Å². The molecule has 5 nitrogen and oxygen atoms in total. The predicted octanol–water partition coefficient (Wildman–Crippen LogP) is 3.37. The van der Waals surface area contributed by atoms with Crippen molar-refractivity contribution in [3.63, 3.8) is 0 Å². The van der Waals surface area contributed by atoms with E-state index in [9.17, 15) is 9.18 Å². The summed E-state index contributed by atoms with van der Waals surface area (Å²) >= 11 is 0. The first-order chi connectivity index (χ1) is 12.0. The number of carbonyl (C=O) groups is 1. The number of imidazole rings is 1. The maximum Gasteiger partial charge on any atom is 0.274 e. The molecule has 0 aliphatic heterocycles. The van der Waals surface area contributed by atoms with Crippen molar-refractivity contribution in [3.8, 4) is 11.3 Å². The van der Waals surface area contributed by atoms with E-state index in [-0.39, 0.29) is 23.5 Å². The zero-order chi connectivity index (χ0) is 17.6. The third-order valence-corrected chi connectivity index (χ3v) is 4.75. The molecule has 0 bridgehead atoms. The van der Waals surface area contributed by atoms with Crippen LogP contribution in [0.2, 0.25) is 0 Å². The molecule has 128 valence electrons. The summed E-state index contributed by atoms with van der Waals surface area (Å²) in [7, 11) is 0. The monoisotopic (exact) mass is 338 g/mol. The van der Waals surface area contributed by atoms with Crippen molar-refractivity contribution < 1.29 is 9.18 Å². The van der Waals surface area contributed by atoms with Gasteiger partial charge in [0.15, 0.2) is 11.3 Å². The van der Waals surface area contributed by atoms with E-state index in [0.29, 0.717) is 22.8 Å². The van der Waals surface area contributed by atoms with Gasteiger partial charge in [0.05, 0.1) is 5.69 Å². The summed E-state index contributed by atoms with van der Waals surface area (Å²) < 4.78 is 15.9.